The van der Waals surface area contributed by atoms with Crippen LogP contribution in [-0.2, 0) is 28.6 Å². The van der Waals surface area contributed by atoms with Crippen LogP contribution < -0.4 is 5.73 Å². The largest absolute Gasteiger partial charge is 0.465 e. The number of carbonyl (C=O) groups excluding carboxylic acids is 3. The summed E-state index contributed by atoms with van der Waals surface area (Å²) in [4.78, 5) is 36.9. The number of hydrogen-bond acceptors (Lipinski definition) is 9. The van der Waals surface area contributed by atoms with Crippen molar-refractivity contribution in [3.63, 3.8) is 0 Å². The monoisotopic (exact) mass is 509 g/mol. The van der Waals surface area contributed by atoms with Crippen LogP contribution in [0.4, 0.5) is 0 Å². The molecule has 0 aromatic carbocycles. The van der Waals surface area contributed by atoms with Gasteiger partial charge in [-0.1, -0.05) is 19.1 Å². The molecule has 0 aliphatic heterocycles. The van der Waals surface area contributed by atoms with Gasteiger partial charge in [-0.25, -0.2) is 0 Å². The van der Waals surface area contributed by atoms with Crippen molar-refractivity contribution in [3.05, 3.63) is 24.3 Å². The Kier molecular flexibility index (Phi) is 12.9. The van der Waals surface area contributed by atoms with E-state index < -0.39 is 24.2 Å². The molecule has 2 fully saturated rings. The lowest BCUT2D eigenvalue weighted by Gasteiger charge is -2.38. The van der Waals surface area contributed by atoms with E-state index in [2.05, 4.69) is 0 Å². The summed E-state index contributed by atoms with van der Waals surface area (Å²) in [6, 6.07) is -0.815. The lowest BCUT2D eigenvalue weighted by Crippen LogP contribution is -2.43. The van der Waals surface area contributed by atoms with Gasteiger partial charge in [-0.2, -0.15) is 0 Å². The van der Waals surface area contributed by atoms with Gasteiger partial charge >= 0.3 is 5.97 Å². The van der Waals surface area contributed by atoms with Gasteiger partial charge in [0.2, 0.25) is 0 Å². The van der Waals surface area contributed by atoms with Gasteiger partial charge in [0, 0.05) is 14.2 Å². The molecule has 9 heteroatoms. The van der Waals surface area contributed by atoms with Gasteiger partial charge in [-0.05, 0) is 74.9 Å². The zero-order valence-electron chi connectivity index (χ0n) is 21.7. The number of aliphatic hydroxyl groups excluding tert-OH is 2. The molecule has 2 rings (SSSR count). The van der Waals surface area contributed by atoms with Crippen LogP contribution in [0.15, 0.2) is 24.3 Å². The SMILES string of the molecule is CCCOC(=O)[C@@H](N)CC1CC(O)C(OC)CC1/C=C/C(=O)CC(=O)/C=C/C1CCC(O)C(OC)C1. The third-order valence-electron chi connectivity index (χ3n) is 7.23. The first-order chi connectivity index (χ1) is 17.2. The molecule has 2 aliphatic rings. The van der Waals surface area contributed by atoms with E-state index in [1.807, 2.05) is 6.92 Å². The van der Waals surface area contributed by atoms with E-state index in [1.54, 1.807) is 19.3 Å². The number of ether oxygens (including phenoxy) is 3. The van der Waals surface area contributed by atoms with Crippen LogP contribution in [0.5, 0.6) is 0 Å². The van der Waals surface area contributed by atoms with E-state index in [0.29, 0.717) is 45.1 Å². The van der Waals surface area contributed by atoms with Crippen molar-refractivity contribution in [2.45, 2.75) is 88.7 Å². The molecule has 8 atom stereocenters. The quantitative estimate of drug-likeness (QED) is 0.192. The topological polar surface area (TPSA) is 145 Å². The van der Waals surface area contributed by atoms with E-state index in [9.17, 15) is 24.6 Å². The van der Waals surface area contributed by atoms with Crippen molar-refractivity contribution in [3.8, 4) is 0 Å². The van der Waals surface area contributed by atoms with Crippen molar-refractivity contribution in [1.82, 2.24) is 0 Å². The highest BCUT2D eigenvalue weighted by Gasteiger charge is 2.37. The number of nitrogens with two attached hydrogens (primary N) is 1. The summed E-state index contributed by atoms with van der Waals surface area (Å²) in [5.41, 5.74) is 6.05. The maximum absolute atomic E-state index is 12.5. The predicted molar refractivity (Wildman–Crippen MR) is 134 cm³/mol. The molecular formula is C27H43NO8. The summed E-state index contributed by atoms with van der Waals surface area (Å²) in [6.07, 6.45) is 8.26. The average Bonchev–Trinajstić information content (AvgIpc) is 2.86. The van der Waals surface area contributed by atoms with Crippen LogP contribution >= 0.6 is 0 Å². The Labute approximate surface area is 214 Å². The smallest absolute Gasteiger partial charge is 0.322 e. The molecule has 204 valence electrons. The molecule has 0 saturated heterocycles. The maximum Gasteiger partial charge on any atom is 0.322 e. The third-order valence-corrected chi connectivity index (χ3v) is 7.23. The second-order valence-corrected chi connectivity index (χ2v) is 9.99. The Morgan fingerprint density at radius 1 is 0.944 bits per heavy atom. The molecule has 0 amide bonds. The summed E-state index contributed by atoms with van der Waals surface area (Å²) < 4.78 is 15.8. The van der Waals surface area contributed by atoms with Gasteiger partial charge in [0.1, 0.15) is 6.04 Å². The van der Waals surface area contributed by atoms with Gasteiger partial charge in [-0.15, -0.1) is 0 Å². The average molecular weight is 510 g/mol. The van der Waals surface area contributed by atoms with Crippen molar-refractivity contribution < 1.29 is 38.8 Å². The van der Waals surface area contributed by atoms with Crippen molar-refractivity contribution >= 4 is 17.5 Å². The Hall–Kier alpha value is -1.91. The fourth-order valence-electron chi connectivity index (χ4n) is 5.08. The number of carbonyl (C=O) groups is 3. The maximum atomic E-state index is 12.5. The number of rotatable bonds is 13. The van der Waals surface area contributed by atoms with Gasteiger partial charge in [0.05, 0.1) is 37.4 Å². The molecule has 0 aromatic heterocycles. The minimum atomic E-state index is -0.815. The van der Waals surface area contributed by atoms with Crippen LogP contribution in [0.2, 0.25) is 0 Å². The fraction of sp³-hybridized carbons (Fsp3) is 0.741. The zero-order valence-corrected chi connectivity index (χ0v) is 21.7. The van der Waals surface area contributed by atoms with Gasteiger partial charge < -0.3 is 30.2 Å². The predicted octanol–water partition coefficient (Wildman–Crippen LogP) is 1.88. The Morgan fingerprint density at radius 2 is 1.58 bits per heavy atom. The van der Waals surface area contributed by atoms with Gasteiger partial charge in [-0.3, -0.25) is 14.4 Å². The molecular weight excluding hydrogens is 466 g/mol. The second-order valence-electron chi connectivity index (χ2n) is 9.99. The second kappa shape index (κ2) is 15.4. The summed E-state index contributed by atoms with van der Waals surface area (Å²) >= 11 is 0. The highest BCUT2D eigenvalue weighted by Crippen LogP contribution is 2.36. The normalized spacial score (nSPS) is 32.0. The third kappa shape index (κ3) is 9.52. The van der Waals surface area contributed by atoms with E-state index >= 15 is 0 Å². The Morgan fingerprint density at radius 3 is 2.22 bits per heavy atom. The highest BCUT2D eigenvalue weighted by atomic mass is 16.5. The molecule has 2 aliphatic carbocycles. The van der Waals surface area contributed by atoms with Crippen LogP contribution in [0.25, 0.3) is 0 Å². The van der Waals surface area contributed by atoms with Crippen LogP contribution in [0, 0.1) is 17.8 Å². The molecule has 0 heterocycles. The first-order valence-corrected chi connectivity index (χ1v) is 12.9. The molecule has 0 bridgehead atoms. The molecule has 0 aromatic rings. The molecule has 7 unspecified atom stereocenters. The molecule has 2 saturated carbocycles. The Bertz CT molecular complexity index is 782. The number of allylic oxidation sites excluding steroid dienone is 4. The van der Waals surface area contributed by atoms with E-state index in [4.69, 9.17) is 19.9 Å². The number of ketones is 2. The minimum Gasteiger partial charge on any atom is -0.465 e. The summed E-state index contributed by atoms with van der Waals surface area (Å²) in [7, 11) is 3.09. The number of aliphatic hydroxyl groups is 2. The Balaban J connectivity index is 1.94. The molecule has 0 radical (unpaired) electrons. The summed E-state index contributed by atoms with van der Waals surface area (Å²) in [5, 5.41) is 20.3. The van der Waals surface area contributed by atoms with Gasteiger partial charge in [0.15, 0.2) is 11.6 Å². The summed E-state index contributed by atoms with van der Waals surface area (Å²) in [6.45, 7) is 2.21. The first-order valence-electron chi connectivity index (χ1n) is 12.9. The molecule has 4 N–H and O–H groups in total. The number of methoxy groups -OCH3 is 2. The lowest BCUT2D eigenvalue weighted by atomic mass is 9.73. The van der Waals surface area contributed by atoms with Crippen LogP contribution in [0.1, 0.15) is 58.3 Å². The van der Waals surface area contributed by atoms with E-state index in [1.165, 1.54) is 19.3 Å². The standard InChI is InChI=1S/C27H43NO8/c1-4-11-36-27(33)22(28)13-19-14-24(32)26(35-3)15-18(19)7-9-21(30)16-20(29)8-5-17-6-10-23(31)25(12-17)34-2/h5,7-9,17-19,22-26,31-32H,4,6,10-16,28H2,1-3H3/b8-5+,9-7+/t17?,18?,19?,22-,23?,24?,25?,26?/m0/s1. The molecule has 9 nitrogen and oxygen atoms in total. The zero-order chi connectivity index (χ0) is 26.7. The lowest BCUT2D eigenvalue weighted by molar-refractivity contribution is -0.146. The fourth-order valence-corrected chi connectivity index (χ4v) is 5.08. The van der Waals surface area contributed by atoms with Crippen molar-refractivity contribution in [2.75, 3.05) is 20.8 Å². The molecule has 0 spiro atoms. The minimum absolute atomic E-state index is 0.126. The highest BCUT2D eigenvalue weighted by molar-refractivity contribution is 6.08. The number of hydrogen-bond donors (Lipinski definition) is 3. The van der Waals surface area contributed by atoms with Gasteiger partial charge in [0.25, 0.3) is 0 Å². The van der Waals surface area contributed by atoms with Crippen molar-refractivity contribution in [1.29, 1.82) is 0 Å². The van der Waals surface area contributed by atoms with E-state index in [-0.39, 0.29) is 47.9 Å². The number of esters is 1. The summed E-state index contributed by atoms with van der Waals surface area (Å²) in [5.74, 6) is -1.22. The first kappa shape index (κ1) is 30.3. The molecule has 36 heavy (non-hydrogen) atoms. The van der Waals surface area contributed by atoms with E-state index in [0.717, 1.165) is 6.42 Å². The van der Waals surface area contributed by atoms with Crippen LogP contribution in [-0.4, -0.2) is 79.0 Å². The van der Waals surface area contributed by atoms with Crippen molar-refractivity contribution in [2.24, 2.45) is 23.5 Å². The van der Waals surface area contributed by atoms with Crippen LogP contribution in [0.3, 0.4) is 0 Å².